The SMILES string of the molecule is CCC(C(=O)N(CC)CC)C(F)(F)OC(F)(F)C(C)C(=O)N(CC)CC. The van der Waals surface area contributed by atoms with E-state index in [9.17, 15) is 27.2 Å². The van der Waals surface area contributed by atoms with Crippen LogP contribution in [0.25, 0.3) is 0 Å². The van der Waals surface area contributed by atoms with Crippen molar-refractivity contribution in [3.8, 4) is 0 Å². The molecule has 0 heterocycles. The summed E-state index contributed by atoms with van der Waals surface area (Å²) in [6.07, 6.45) is -9.20. The quantitative estimate of drug-likeness (QED) is 0.510. The van der Waals surface area contributed by atoms with Crippen LogP contribution in [0.2, 0.25) is 0 Å². The molecule has 0 aliphatic carbocycles. The van der Waals surface area contributed by atoms with Gasteiger partial charge in [0.05, 0.1) is 0 Å². The topological polar surface area (TPSA) is 49.9 Å². The van der Waals surface area contributed by atoms with Crippen LogP contribution in [0.4, 0.5) is 17.6 Å². The molecule has 0 aliphatic heterocycles. The lowest BCUT2D eigenvalue weighted by atomic mass is 10.0. The Kier molecular flexibility index (Phi) is 9.55. The third kappa shape index (κ3) is 5.82. The number of hydrogen-bond donors (Lipinski definition) is 0. The van der Waals surface area contributed by atoms with E-state index >= 15 is 0 Å². The van der Waals surface area contributed by atoms with Crippen LogP contribution in [-0.2, 0) is 14.3 Å². The Hall–Kier alpha value is -1.38. The minimum absolute atomic E-state index is 0.171. The van der Waals surface area contributed by atoms with E-state index in [1.165, 1.54) is 6.92 Å². The minimum atomic E-state index is -4.42. The number of amides is 2. The highest BCUT2D eigenvalue weighted by molar-refractivity contribution is 5.80. The van der Waals surface area contributed by atoms with Crippen molar-refractivity contribution >= 4 is 11.8 Å². The molecule has 5 nitrogen and oxygen atoms in total. The van der Waals surface area contributed by atoms with Crippen LogP contribution in [0.5, 0.6) is 0 Å². The molecular formula is C17H30F4N2O3. The molecule has 0 saturated heterocycles. The Bertz CT molecular complexity index is 467. The average Bonchev–Trinajstić information content (AvgIpc) is 2.55. The zero-order valence-corrected chi connectivity index (χ0v) is 16.3. The van der Waals surface area contributed by atoms with Crippen LogP contribution in [0.3, 0.4) is 0 Å². The molecule has 154 valence electrons. The van der Waals surface area contributed by atoms with E-state index in [2.05, 4.69) is 4.74 Å². The zero-order valence-electron chi connectivity index (χ0n) is 16.3. The van der Waals surface area contributed by atoms with Crippen molar-refractivity contribution in [1.29, 1.82) is 0 Å². The van der Waals surface area contributed by atoms with Crippen molar-refractivity contribution in [2.24, 2.45) is 11.8 Å². The van der Waals surface area contributed by atoms with Gasteiger partial charge < -0.3 is 9.80 Å². The number of hydrogen-bond acceptors (Lipinski definition) is 3. The van der Waals surface area contributed by atoms with Crippen molar-refractivity contribution in [2.45, 2.75) is 60.2 Å². The Morgan fingerprint density at radius 1 is 0.808 bits per heavy atom. The van der Waals surface area contributed by atoms with Gasteiger partial charge in [0.15, 0.2) is 0 Å². The maximum atomic E-state index is 14.4. The molecule has 0 fully saturated rings. The largest absolute Gasteiger partial charge is 0.371 e. The molecule has 0 bridgehead atoms. The van der Waals surface area contributed by atoms with Gasteiger partial charge in [0.25, 0.3) is 0 Å². The number of carbonyl (C=O) groups excluding carboxylic acids is 2. The second-order valence-electron chi connectivity index (χ2n) is 5.93. The minimum Gasteiger partial charge on any atom is -0.343 e. The fraction of sp³-hybridized carbons (Fsp3) is 0.882. The highest BCUT2D eigenvalue weighted by Crippen LogP contribution is 2.39. The summed E-state index contributed by atoms with van der Waals surface area (Å²) in [7, 11) is 0. The van der Waals surface area contributed by atoms with Crippen LogP contribution in [0, 0.1) is 11.8 Å². The molecule has 0 aromatic rings. The second kappa shape index (κ2) is 10.1. The monoisotopic (exact) mass is 386 g/mol. The van der Waals surface area contributed by atoms with E-state index in [-0.39, 0.29) is 32.6 Å². The summed E-state index contributed by atoms with van der Waals surface area (Å²) >= 11 is 0. The molecular weight excluding hydrogens is 356 g/mol. The molecule has 0 radical (unpaired) electrons. The average molecular weight is 386 g/mol. The summed E-state index contributed by atoms with van der Waals surface area (Å²) < 4.78 is 61.1. The molecule has 0 aromatic heterocycles. The van der Waals surface area contributed by atoms with Crippen LogP contribution in [0.1, 0.15) is 48.0 Å². The molecule has 0 N–H and O–H groups in total. The molecule has 0 saturated carbocycles. The first-order valence-electron chi connectivity index (χ1n) is 8.96. The van der Waals surface area contributed by atoms with Crippen molar-refractivity contribution in [2.75, 3.05) is 26.2 Å². The lowest BCUT2D eigenvalue weighted by Gasteiger charge is -2.34. The summed E-state index contributed by atoms with van der Waals surface area (Å²) in [5, 5.41) is 0. The van der Waals surface area contributed by atoms with Crippen molar-refractivity contribution < 1.29 is 31.9 Å². The standard InChI is InChI=1S/C17H30F4N2O3/c1-7-13(15(25)23(10-4)11-5)17(20,21)26-16(18,19)12(6)14(24)22(8-2)9-3/h12-13H,7-11H2,1-6H3. The van der Waals surface area contributed by atoms with Gasteiger partial charge in [-0.1, -0.05) is 6.92 Å². The van der Waals surface area contributed by atoms with Gasteiger partial charge in [0, 0.05) is 26.2 Å². The van der Waals surface area contributed by atoms with E-state index in [0.717, 1.165) is 16.7 Å². The predicted molar refractivity (Wildman–Crippen MR) is 89.8 cm³/mol. The zero-order chi connectivity index (χ0) is 20.7. The van der Waals surface area contributed by atoms with E-state index in [1.54, 1.807) is 27.7 Å². The van der Waals surface area contributed by atoms with Gasteiger partial charge in [-0.25, -0.2) is 0 Å². The normalized spacial score (nSPS) is 14.7. The van der Waals surface area contributed by atoms with Crippen LogP contribution < -0.4 is 0 Å². The van der Waals surface area contributed by atoms with Gasteiger partial charge in [-0.3, -0.25) is 14.3 Å². The molecule has 2 amide bonds. The van der Waals surface area contributed by atoms with Crippen molar-refractivity contribution in [3.05, 3.63) is 0 Å². The van der Waals surface area contributed by atoms with Crippen LogP contribution >= 0.6 is 0 Å². The third-order valence-electron chi connectivity index (χ3n) is 4.41. The second-order valence-corrected chi connectivity index (χ2v) is 5.93. The number of rotatable bonds is 11. The maximum Gasteiger partial charge on any atom is 0.371 e. The van der Waals surface area contributed by atoms with Crippen LogP contribution in [-0.4, -0.2) is 60.0 Å². The van der Waals surface area contributed by atoms with E-state index < -0.39 is 35.9 Å². The maximum absolute atomic E-state index is 14.4. The summed E-state index contributed by atoms with van der Waals surface area (Å²) in [5.74, 6) is -6.10. The van der Waals surface area contributed by atoms with Gasteiger partial charge in [-0.2, -0.15) is 17.6 Å². The van der Waals surface area contributed by atoms with E-state index in [1.807, 2.05) is 0 Å². The summed E-state index contributed by atoms with van der Waals surface area (Å²) in [4.78, 5) is 26.5. The number of carbonyl (C=O) groups is 2. The van der Waals surface area contributed by atoms with E-state index in [0.29, 0.717) is 0 Å². The lowest BCUT2D eigenvalue weighted by Crippen LogP contribution is -2.51. The molecule has 26 heavy (non-hydrogen) atoms. The molecule has 2 atom stereocenters. The van der Waals surface area contributed by atoms with Crippen LogP contribution in [0.15, 0.2) is 0 Å². The predicted octanol–water partition coefficient (Wildman–Crippen LogP) is 3.59. The number of nitrogens with zero attached hydrogens (tertiary/aromatic N) is 2. The highest BCUT2D eigenvalue weighted by Gasteiger charge is 2.56. The molecule has 0 aromatic carbocycles. The first-order chi connectivity index (χ1) is 11.9. The summed E-state index contributed by atoms with van der Waals surface area (Å²) in [6, 6.07) is 0. The highest BCUT2D eigenvalue weighted by atomic mass is 19.3. The van der Waals surface area contributed by atoms with Gasteiger partial charge in [-0.15, -0.1) is 0 Å². The first-order valence-corrected chi connectivity index (χ1v) is 8.96. The molecule has 9 heteroatoms. The van der Waals surface area contributed by atoms with Crippen molar-refractivity contribution in [1.82, 2.24) is 9.80 Å². The third-order valence-corrected chi connectivity index (χ3v) is 4.41. The van der Waals surface area contributed by atoms with Gasteiger partial charge in [0.2, 0.25) is 11.8 Å². The fourth-order valence-electron chi connectivity index (χ4n) is 2.61. The molecule has 0 aliphatic rings. The lowest BCUT2D eigenvalue weighted by molar-refractivity contribution is -0.398. The van der Waals surface area contributed by atoms with Gasteiger partial charge >= 0.3 is 12.2 Å². The van der Waals surface area contributed by atoms with Gasteiger partial charge in [-0.05, 0) is 41.0 Å². The number of ether oxygens (including phenoxy) is 1. The Labute approximate surface area is 152 Å². The first kappa shape index (κ1) is 24.6. The summed E-state index contributed by atoms with van der Waals surface area (Å²) in [6.45, 7) is 9.22. The molecule has 0 spiro atoms. The summed E-state index contributed by atoms with van der Waals surface area (Å²) in [5.41, 5.74) is 0. The van der Waals surface area contributed by atoms with Crippen molar-refractivity contribution in [3.63, 3.8) is 0 Å². The molecule has 0 rings (SSSR count). The number of halogens is 4. The van der Waals surface area contributed by atoms with Gasteiger partial charge in [0.1, 0.15) is 11.8 Å². The fourth-order valence-corrected chi connectivity index (χ4v) is 2.61. The Morgan fingerprint density at radius 3 is 1.54 bits per heavy atom. The Morgan fingerprint density at radius 2 is 1.19 bits per heavy atom. The van der Waals surface area contributed by atoms with E-state index in [4.69, 9.17) is 0 Å². The molecule has 2 unspecified atom stereocenters. The smallest absolute Gasteiger partial charge is 0.343 e. The number of alkyl halides is 4. The Balaban J connectivity index is 5.46.